The lowest BCUT2D eigenvalue weighted by Crippen LogP contribution is -2.22. The highest BCUT2D eigenvalue weighted by Gasteiger charge is 2.30. The molecule has 2 rings (SSSR count). The van der Waals surface area contributed by atoms with E-state index in [4.69, 9.17) is 4.52 Å². The topological polar surface area (TPSA) is 85.6 Å². The van der Waals surface area contributed by atoms with Gasteiger partial charge in [-0.3, -0.25) is 0 Å². The van der Waals surface area contributed by atoms with Crippen LogP contribution >= 0.6 is 0 Å². The van der Waals surface area contributed by atoms with E-state index in [0.29, 0.717) is 11.5 Å². The summed E-state index contributed by atoms with van der Waals surface area (Å²) < 4.78 is 88.0. The molecular formula is C16H15F6N3O4. The molecule has 0 fully saturated rings. The number of hydrogen-bond donors (Lipinski definition) is 2. The van der Waals surface area contributed by atoms with Gasteiger partial charge in [-0.05, 0) is 13.8 Å². The highest BCUT2D eigenvalue weighted by Crippen LogP contribution is 2.29. The molecule has 1 heterocycles. The van der Waals surface area contributed by atoms with Crippen LogP contribution in [0.1, 0.15) is 11.5 Å². The van der Waals surface area contributed by atoms with E-state index in [2.05, 4.69) is 25.3 Å². The molecule has 0 aliphatic carbocycles. The fraction of sp³-hybridized carbons (Fsp3) is 0.375. The van der Waals surface area contributed by atoms with Crippen molar-refractivity contribution in [3.8, 4) is 11.5 Å². The molecule has 0 unspecified atom stereocenters. The van der Waals surface area contributed by atoms with Crippen molar-refractivity contribution in [3.05, 3.63) is 29.7 Å². The van der Waals surface area contributed by atoms with E-state index >= 15 is 0 Å². The van der Waals surface area contributed by atoms with Crippen LogP contribution in [-0.2, 0) is 0 Å². The van der Waals surface area contributed by atoms with Gasteiger partial charge in [-0.1, -0.05) is 5.16 Å². The molecule has 0 saturated carbocycles. The number of urea groups is 1. The van der Waals surface area contributed by atoms with Gasteiger partial charge in [0.1, 0.15) is 22.9 Å². The van der Waals surface area contributed by atoms with Crippen molar-refractivity contribution >= 4 is 17.4 Å². The quantitative estimate of drug-likeness (QED) is 0.646. The van der Waals surface area contributed by atoms with Crippen molar-refractivity contribution in [3.63, 3.8) is 0 Å². The Balaban J connectivity index is 2.18. The number of hydrogen-bond acceptors (Lipinski definition) is 5. The molecular weight excluding hydrogens is 412 g/mol. The second kappa shape index (κ2) is 8.49. The molecule has 0 spiro atoms. The molecule has 0 radical (unpaired) electrons. The van der Waals surface area contributed by atoms with E-state index in [1.165, 1.54) is 6.92 Å². The lowest BCUT2D eigenvalue weighted by molar-refractivity contribution is -0.153. The summed E-state index contributed by atoms with van der Waals surface area (Å²) in [5.41, 5.74) is 0.473. The highest BCUT2D eigenvalue weighted by atomic mass is 19.4. The summed E-state index contributed by atoms with van der Waals surface area (Å²) in [5.74, 6) is -0.599. The summed E-state index contributed by atoms with van der Waals surface area (Å²) in [6, 6.07) is 2.00. The summed E-state index contributed by atoms with van der Waals surface area (Å²) >= 11 is 0. The SMILES string of the molecule is Cc1noc(C)c1NC(=O)Nc1cc(OCC(F)(F)F)cc(OCC(F)(F)F)c1. The number of alkyl halides is 6. The lowest BCUT2D eigenvalue weighted by Gasteiger charge is -2.15. The van der Waals surface area contributed by atoms with E-state index < -0.39 is 43.1 Å². The third-order valence-corrected chi connectivity index (χ3v) is 3.21. The molecule has 0 saturated heterocycles. The van der Waals surface area contributed by atoms with Crippen LogP contribution in [0.25, 0.3) is 0 Å². The van der Waals surface area contributed by atoms with Crippen molar-refractivity contribution in [1.82, 2.24) is 5.16 Å². The first-order valence-corrected chi connectivity index (χ1v) is 7.87. The number of anilines is 2. The Morgan fingerprint density at radius 1 is 0.966 bits per heavy atom. The van der Waals surface area contributed by atoms with Gasteiger partial charge >= 0.3 is 18.4 Å². The minimum atomic E-state index is -4.67. The second-order valence-electron chi connectivity index (χ2n) is 5.78. The molecule has 7 nitrogen and oxygen atoms in total. The number of carbonyl (C=O) groups excluding carboxylic acids is 1. The third-order valence-electron chi connectivity index (χ3n) is 3.21. The fourth-order valence-electron chi connectivity index (χ4n) is 2.08. The average molecular weight is 427 g/mol. The van der Waals surface area contributed by atoms with Crippen LogP contribution < -0.4 is 20.1 Å². The van der Waals surface area contributed by atoms with Gasteiger partial charge in [-0.15, -0.1) is 0 Å². The van der Waals surface area contributed by atoms with Crippen LogP contribution in [0.2, 0.25) is 0 Å². The maximum Gasteiger partial charge on any atom is 0.422 e. The third kappa shape index (κ3) is 7.43. The number of aromatic nitrogens is 1. The first-order valence-electron chi connectivity index (χ1n) is 7.87. The lowest BCUT2D eigenvalue weighted by atomic mass is 10.2. The zero-order chi connectivity index (χ0) is 21.8. The first-order chi connectivity index (χ1) is 13.3. The summed E-state index contributed by atoms with van der Waals surface area (Å²) in [4.78, 5) is 12.1. The van der Waals surface area contributed by atoms with E-state index in [-0.39, 0.29) is 11.4 Å². The van der Waals surface area contributed by atoms with Gasteiger partial charge in [0.2, 0.25) is 0 Å². The summed E-state index contributed by atoms with van der Waals surface area (Å²) in [7, 11) is 0. The standard InChI is InChI=1S/C16H15F6N3O4/c1-8-13(9(2)29-25-8)24-14(26)23-10-3-11(27-6-15(17,18)19)5-12(4-10)28-7-16(20,21)22/h3-5H,6-7H2,1-2H3,(H2,23,24,26). The maximum atomic E-state index is 12.3. The van der Waals surface area contributed by atoms with Crippen molar-refractivity contribution in [2.45, 2.75) is 26.2 Å². The Bertz CT molecular complexity index is 808. The van der Waals surface area contributed by atoms with E-state index in [1.54, 1.807) is 6.92 Å². The predicted octanol–water partition coefficient (Wildman–Crippen LogP) is 4.82. The van der Waals surface area contributed by atoms with Crippen molar-refractivity contribution in [2.24, 2.45) is 0 Å². The largest absolute Gasteiger partial charge is 0.484 e. The molecule has 0 bridgehead atoms. The number of benzene rings is 1. The van der Waals surface area contributed by atoms with Crippen LogP contribution in [0.15, 0.2) is 22.7 Å². The molecule has 29 heavy (non-hydrogen) atoms. The summed E-state index contributed by atoms with van der Waals surface area (Å²) in [5, 5.41) is 8.31. The van der Waals surface area contributed by atoms with Crippen LogP contribution in [0.3, 0.4) is 0 Å². The van der Waals surface area contributed by atoms with Gasteiger partial charge < -0.3 is 24.6 Å². The molecule has 160 valence electrons. The van der Waals surface area contributed by atoms with E-state index in [0.717, 1.165) is 18.2 Å². The zero-order valence-electron chi connectivity index (χ0n) is 15.0. The molecule has 0 atom stereocenters. The molecule has 2 N–H and O–H groups in total. The number of amides is 2. The molecule has 1 aromatic heterocycles. The van der Waals surface area contributed by atoms with Gasteiger partial charge in [0.15, 0.2) is 19.0 Å². The fourth-order valence-corrected chi connectivity index (χ4v) is 2.08. The van der Waals surface area contributed by atoms with Crippen LogP contribution in [-0.4, -0.2) is 36.8 Å². The van der Waals surface area contributed by atoms with Gasteiger partial charge in [-0.2, -0.15) is 26.3 Å². The number of carbonyl (C=O) groups is 1. The number of aryl methyl sites for hydroxylation is 2. The smallest absolute Gasteiger partial charge is 0.422 e. The number of ether oxygens (including phenoxy) is 2. The first kappa shape index (κ1) is 22.2. The molecule has 13 heteroatoms. The second-order valence-corrected chi connectivity index (χ2v) is 5.78. The number of halogens is 6. The molecule has 0 aliphatic heterocycles. The van der Waals surface area contributed by atoms with E-state index in [1.807, 2.05) is 0 Å². The van der Waals surface area contributed by atoms with Crippen LogP contribution in [0, 0.1) is 13.8 Å². The molecule has 1 aromatic carbocycles. The zero-order valence-corrected chi connectivity index (χ0v) is 15.0. The Hall–Kier alpha value is -3.12. The molecule has 2 amide bonds. The molecule has 2 aromatic rings. The van der Waals surface area contributed by atoms with E-state index in [9.17, 15) is 31.1 Å². The van der Waals surface area contributed by atoms with Gasteiger partial charge in [-0.25, -0.2) is 4.79 Å². The Kier molecular flexibility index (Phi) is 6.49. The normalized spacial score (nSPS) is 11.9. The summed E-state index contributed by atoms with van der Waals surface area (Å²) in [6.07, 6.45) is -9.34. The van der Waals surface area contributed by atoms with Gasteiger partial charge in [0.25, 0.3) is 0 Å². The van der Waals surface area contributed by atoms with Crippen molar-refractivity contribution in [1.29, 1.82) is 0 Å². The Morgan fingerprint density at radius 2 is 1.48 bits per heavy atom. The summed E-state index contributed by atoms with van der Waals surface area (Å²) in [6.45, 7) is -0.272. The van der Waals surface area contributed by atoms with Crippen molar-refractivity contribution in [2.75, 3.05) is 23.8 Å². The van der Waals surface area contributed by atoms with Gasteiger partial charge in [0.05, 0.1) is 0 Å². The minimum Gasteiger partial charge on any atom is -0.484 e. The number of rotatable bonds is 6. The minimum absolute atomic E-state index is 0.161. The number of nitrogens with zero attached hydrogens (tertiary/aromatic N) is 1. The van der Waals surface area contributed by atoms with Crippen LogP contribution in [0.5, 0.6) is 11.5 Å². The number of nitrogens with one attached hydrogen (secondary N) is 2. The monoisotopic (exact) mass is 427 g/mol. The van der Waals surface area contributed by atoms with Crippen molar-refractivity contribution < 1.29 is 45.1 Å². The van der Waals surface area contributed by atoms with Crippen LogP contribution in [0.4, 0.5) is 42.5 Å². The van der Waals surface area contributed by atoms with Gasteiger partial charge in [0, 0.05) is 23.9 Å². The Labute approximate surface area is 159 Å². The molecule has 0 aliphatic rings. The average Bonchev–Trinajstić information content (AvgIpc) is 2.89. The predicted molar refractivity (Wildman–Crippen MR) is 88.2 cm³/mol. The Morgan fingerprint density at radius 3 is 1.90 bits per heavy atom. The highest BCUT2D eigenvalue weighted by molar-refractivity contribution is 6.00. The maximum absolute atomic E-state index is 12.3.